The molecular weight excluding hydrogens is 246 g/mol. The van der Waals surface area contributed by atoms with Gasteiger partial charge in [0.05, 0.1) is 0 Å². The second-order valence-corrected chi connectivity index (χ2v) is 7.16. The smallest absolute Gasteiger partial charge is 0.122 e. The Morgan fingerprint density at radius 2 is 1.90 bits per heavy atom. The van der Waals surface area contributed by atoms with Gasteiger partial charge in [-0.15, -0.1) is 0 Å². The second-order valence-electron chi connectivity index (χ2n) is 7.16. The fourth-order valence-corrected chi connectivity index (χ4v) is 3.15. The number of hydrogen-bond acceptors (Lipinski definition) is 2. The zero-order valence-corrected chi connectivity index (χ0v) is 13.4. The summed E-state index contributed by atoms with van der Waals surface area (Å²) in [4.78, 5) is 0. The van der Waals surface area contributed by atoms with Gasteiger partial charge in [0.2, 0.25) is 0 Å². The topological polar surface area (TPSA) is 35.2 Å². The average Bonchev–Trinajstić information content (AvgIpc) is 2.40. The van der Waals surface area contributed by atoms with Crippen LogP contribution in [0.1, 0.15) is 52.5 Å². The van der Waals surface area contributed by atoms with Crippen molar-refractivity contribution >= 4 is 0 Å². The molecule has 2 N–H and O–H groups in total. The third kappa shape index (κ3) is 3.54. The lowest BCUT2D eigenvalue weighted by molar-refractivity contribution is 0.0586. The van der Waals surface area contributed by atoms with Crippen LogP contribution in [-0.4, -0.2) is 12.1 Å². The van der Waals surface area contributed by atoms with Gasteiger partial charge in [-0.3, -0.25) is 0 Å². The molecule has 0 radical (unpaired) electrons. The summed E-state index contributed by atoms with van der Waals surface area (Å²) in [5, 5.41) is 0. The Morgan fingerprint density at radius 3 is 2.55 bits per heavy atom. The molecular formula is C18H29NO. The molecule has 112 valence electrons. The van der Waals surface area contributed by atoms with Crippen LogP contribution in [0.5, 0.6) is 5.75 Å². The van der Waals surface area contributed by atoms with Gasteiger partial charge < -0.3 is 10.5 Å². The molecule has 2 nitrogen and oxygen atoms in total. The number of para-hydroxylation sites is 1. The summed E-state index contributed by atoms with van der Waals surface area (Å²) < 4.78 is 6.29. The molecule has 1 aromatic carbocycles. The van der Waals surface area contributed by atoms with Crippen molar-refractivity contribution in [3.8, 4) is 5.75 Å². The van der Waals surface area contributed by atoms with Crippen LogP contribution in [0, 0.1) is 11.3 Å². The highest BCUT2D eigenvalue weighted by molar-refractivity contribution is 5.33. The first-order valence-corrected chi connectivity index (χ1v) is 7.92. The number of ether oxygens (including phenoxy) is 1. The molecule has 0 bridgehead atoms. The van der Waals surface area contributed by atoms with E-state index in [2.05, 4.69) is 45.9 Å². The van der Waals surface area contributed by atoms with Crippen molar-refractivity contribution in [3.05, 3.63) is 29.8 Å². The van der Waals surface area contributed by atoms with Crippen molar-refractivity contribution in [2.75, 3.05) is 0 Å². The quantitative estimate of drug-likeness (QED) is 0.898. The molecule has 3 atom stereocenters. The van der Waals surface area contributed by atoms with Crippen molar-refractivity contribution in [2.45, 2.75) is 65.5 Å². The van der Waals surface area contributed by atoms with Crippen LogP contribution >= 0.6 is 0 Å². The van der Waals surface area contributed by atoms with Crippen molar-refractivity contribution in [2.24, 2.45) is 17.1 Å². The molecule has 1 fully saturated rings. The molecule has 2 heteroatoms. The lowest BCUT2D eigenvalue weighted by Gasteiger charge is -2.40. The lowest BCUT2D eigenvalue weighted by atomic mass is 9.70. The van der Waals surface area contributed by atoms with E-state index in [4.69, 9.17) is 10.5 Å². The van der Waals surface area contributed by atoms with Crippen molar-refractivity contribution < 1.29 is 4.74 Å². The van der Waals surface area contributed by atoms with E-state index in [1.165, 1.54) is 12.0 Å². The Bertz CT molecular complexity index is 435. The normalized spacial score (nSPS) is 27.4. The van der Waals surface area contributed by atoms with Gasteiger partial charge >= 0.3 is 0 Å². The maximum absolute atomic E-state index is 6.30. The fourth-order valence-electron chi connectivity index (χ4n) is 3.15. The monoisotopic (exact) mass is 275 g/mol. The summed E-state index contributed by atoms with van der Waals surface area (Å²) in [6, 6.07) is 8.50. The molecule has 3 unspecified atom stereocenters. The summed E-state index contributed by atoms with van der Waals surface area (Å²) >= 11 is 0. The first-order chi connectivity index (χ1) is 9.41. The van der Waals surface area contributed by atoms with E-state index in [-0.39, 0.29) is 12.1 Å². The van der Waals surface area contributed by atoms with Gasteiger partial charge in [0.25, 0.3) is 0 Å². The van der Waals surface area contributed by atoms with E-state index < -0.39 is 0 Å². The largest absolute Gasteiger partial charge is 0.489 e. The number of aryl methyl sites for hydroxylation is 1. The minimum absolute atomic E-state index is 0.153. The third-order valence-corrected chi connectivity index (χ3v) is 4.70. The van der Waals surface area contributed by atoms with Crippen LogP contribution in [0.4, 0.5) is 0 Å². The van der Waals surface area contributed by atoms with Crippen molar-refractivity contribution in [1.29, 1.82) is 0 Å². The highest BCUT2D eigenvalue weighted by atomic mass is 16.5. The Labute approximate surface area is 123 Å². The van der Waals surface area contributed by atoms with E-state index >= 15 is 0 Å². The number of benzene rings is 1. The Hall–Kier alpha value is -1.02. The molecule has 20 heavy (non-hydrogen) atoms. The summed E-state index contributed by atoms with van der Waals surface area (Å²) in [5.41, 5.74) is 7.91. The van der Waals surface area contributed by atoms with Crippen LogP contribution < -0.4 is 10.5 Å². The predicted molar refractivity (Wildman–Crippen MR) is 85.0 cm³/mol. The Balaban J connectivity index is 2.10. The minimum Gasteiger partial charge on any atom is -0.489 e. The Morgan fingerprint density at radius 1 is 1.20 bits per heavy atom. The molecule has 1 aliphatic rings. The molecule has 0 heterocycles. The van der Waals surface area contributed by atoms with E-state index in [0.29, 0.717) is 11.3 Å². The van der Waals surface area contributed by atoms with E-state index in [0.717, 1.165) is 25.0 Å². The van der Waals surface area contributed by atoms with Crippen LogP contribution in [0.2, 0.25) is 0 Å². The number of nitrogens with two attached hydrogens (primary N) is 1. The number of hydrogen-bond donors (Lipinski definition) is 1. The first-order valence-electron chi connectivity index (χ1n) is 7.92. The molecule has 0 spiro atoms. The standard InChI is InChI=1S/C18H29NO/c1-5-13-8-6-7-9-16(13)20-17-12-14(18(2,3)4)10-11-15(17)19/h6-9,14-15,17H,5,10-12,19H2,1-4H3. The zero-order chi connectivity index (χ0) is 14.8. The summed E-state index contributed by atoms with van der Waals surface area (Å²) in [6.07, 6.45) is 4.52. The van der Waals surface area contributed by atoms with Gasteiger partial charge in [0, 0.05) is 6.04 Å². The maximum Gasteiger partial charge on any atom is 0.122 e. The van der Waals surface area contributed by atoms with Crippen LogP contribution in [-0.2, 0) is 6.42 Å². The molecule has 0 amide bonds. The summed E-state index contributed by atoms with van der Waals surface area (Å²) in [7, 11) is 0. The van der Waals surface area contributed by atoms with Crippen LogP contribution in [0.3, 0.4) is 0 Å². The molecule has 0 aliphatic heterocycles. The van der Waals surface area contributed by atoms with E-state index in [1.54, 1.807) is 0 Å². The average molecular weight is 275 g/mol. The van der Waals surface area contributed by atoms with Gasteiger partial charge in [0.1, 0.15) is 11.9 Å². The highest BCUT2D eigenvalue weighted by Gasteiger charge is 2.35. The summed E-state index contributed by atoms with van der Waals surface area (Å²) in [6.45, 7) is 9.14. The van der Waals surface area contributed by atoms with Gasteiger partial charge in [-0.05, 0) is 48.6 Å². The van der Waals surface area contributed by atoms with Gasteiger partial charge in [0.15, 0.2) is 0 Å². The molecule has 1 aliphatic carbocycles. The first kappa shape index (κ1) is 15.4. The van der Waals surface area contributed by atoms with Crippen molar-refractivity contribution in [3.63, 3.8) is 0 Å². The van der Waals surface area contributed by atoms with E-state index in [9.17, 15) is 0 Å². The predicted octanol–water partition coefficient (Wildman–Crippen LogP) is 4.17. The maximum atomic E-state index is 6.30. The zero-order valence-electron chi connectivity index (χ0n) is 13.4. The van der Waals surface area contributed by atoms with Crippen molar-refractivity contribution in [1.82, 2.24) is 0 Å². The SMILES string of the molecule is CCc1ccccc1OC1CC(C(C)(C)C)CCC1N. The molecule has 1 aromatic rings. The summed E-state index contributed by atoms with van der Waals surface area (Å²) in [5.74, 6) is 1.71. The third-order valence-electron chi connectivity index (χ3n) is 4.70. The van der Waals surface area contributed by atoms with Crippen LogP contribution in [0.25, 0.3) is 0 Å². The van der Waals surface area contributed by atoms with Gasteiger partial charge in [-0.25, -0.2) is 0 Å². The molecule has 2 rings (SSSR count). The second kappa shape index (κ2) is 6.17. The highest BCUT2D eigenvalue weighted by Crippen LogP contribution is 2.39. The fraction of sp³-hybridized carbons (Fsp3) is 0.667. The van der Waals surface area contributed by atoms with E-state index in [1.807, 2.05) is 6.07 Å². The van der Waals surface area contributed by atoms with Gasteiger partial charge in [-0.1, -0.05) is 45.9 Å². The Kier molecular flexibility index (Phi) is 4.74. The molecule has 1 saturated carbocycles. The van der Waals surface area contributed by atoms with Gasteiger partial charge in [-0.2, -0.15) is 0 Å². The lowest BCUT2D eigenvalue weighted by Crippen LogP contribution is -2.46. The minimum atomic E-state index is 0.153. The molecule has 0 saturated heterocycles. The number of rotatable bonds is 3. The molecule has 0 aromatic heterocycles. The van der Waals surface area contributed by atoms with Crippen LogP contribution in [0.15, 0.2) is 24.3 Å².